The summed E-state index contributed by atoms with van der Waals surface area (Å²) in [6.45, 7) is 1.71. The highest BCUT2D eigenvalue weighted by Crippen LogP contribution is 2.26. The third-order valence-electron chi connectivity index (χ3n) is 8.12. The zero-order valence-electron chi connectivity index (χ0n) is 25.5. The fourth-order valence-corrected chi connectivity index (χ4v) is 7.07. The molecule has 1 aliphatic heterocycles. The molecule has 3 aromatic carbocycles. The third-order valence-corrected chi connectivity index (χ3v) is 10.0. The molecule has 2 amide bonds. The fourth-order valence-electron chi connectivity index (χ4n) is 5.66. The molecule has 0 bridgehead atoms. The maximum atomic E-state index is 13.9. The maximum Gasteiger partial charge on any atom is 0.261 e. The molecule has 1 unspecified atom stereocenters. The van der Waals surface area contributed by atoms with E-state index in [9.17, 15) is 18.0 Å². The number of rotatable bonds is 13. The summed E-state index contributed by atoms with van der Waals surface area (Å²) in [5.74, 6) is -0.271. The number of hydrogen-bond acceptors (Lipinski definition) is 6. The normalized spacial score (nSPS) is 16.3. The van der Waals surface area contributed by atoms with Gasteiger partial charge in [0, 0.05) is 26.2 Å². The molecule has 238 valence electrons. The molecule has 0 spiro atoms. The van der Waals surface area contributed by atoms with Crippen LogP contribution in [0, 0.1) is 0 Å². The lowest BCUT2D eigenvalue weighted by molar-refractivity contribution is -0.143. The van der Waals surface area contributed by atoms with Crippen LogP contribution in [0.3, 0.4) is 0 Å². The number of carbonyl (C=O) groups excluding carboxylic acids is 2. The Morgan fingerprint density at radius 3 is 2.27 bits per heavy atom. The average Bonchev–Trinajstić information content (AvgIpc) is 3.09. The number of morpholine rings is 1. The Morgan fingerprint density at radius 1 is 0.911 bits per heavy atom. The summed E-state index contributed by atoms with van der Waals surface area (Å²) >= 11 is 0. The van der Waals surface area contributed by atoms with Gasteiger partial charge in [-0.25, -0.2) is 8.42 Å². The molecule has 3 aromatic rings. The van der Waals surface area contributed by atoms with Crippen LogP contribution in [0.2, 0.25) is 0 Å². The van der Waals surface area contributed by atoms with Crippen LogP contribution >= 0.6 is 0 Å². The number of ether oxygens (including phenoxy) is 2. The summed E-state index contributed by atoms with van der Waals surface area (Å²) in [6, 6.07) is 24.0. The van der Waals surface area contributed by atoms with Gasteiger partial charge in [-0.2, -0.15) is 4.31 Å². The van der Waals surface area contributed by atoms with Crippen molar-refractivity contribution in [3.05, 3.63) is 108 Å². The highest BCUT2D eigenvalue weighted by Gasteiger charge is 2.32. The Labute approximate surface area is 265 Å². The minimum Gasteiger partial charge on any atom is -0.484 e. The summed E-state index contributed by atoms with van der Waals surface area (Å²) < 4.78 is 38.5. The molecule has 0 saturated carbocycles. The van der Waals surface area contributed by atoms with Gasteiger partial charge in [-0.05, 0) is 67.5 Å². The lowest BCUT2D eigenvalue weighted by Crippen LogP contribution is -2.45. The first-order chi connectivity index (χ1) is 21.9. The number of hydrogen-bond donors (Lipinski definition) is 1. The number of nitrogens with zero attached hydrogens (tertiary/aromatic N) is 2. The van der Waals surface area contributed by atoms with Crippen molar-refractivity contribution < 1.29 is 27.5 Å². The molecule has 5 rings (SSSR count). The zero-order chi connectivity index (χ0) is 31.5. The molecule has 45 heavy (non-hydrogen) atoms. The SMILES string of the molecule is O=C(NCCC1=CCCCC1)C(c1ccccc1)N(Cc1ccccc1)C(=O)COc1ccc(S(=O)(=O)N2CCOCC2)cc1. The summed E-state index contributed by atoms with van der Waals surface area (Å²) in [6.07, 6.45) is 7.61. The van der Waals surface area contributed by atoms with Gasteiger partial charge in [-0.3, -0.25) is 9.59 Å². The van der Waals surface area contributed by atoms with E-state index in [0.29, 0.717) is 44.2 Å². The highest BCUT2D eigenvalue weighted by atomic mass is 32.2. The van der Waals surface area contributed by atoms with E-state index < -0.39 is 16.1 Å². The molecule has 1 atom stereocenters. The Hall–Kier alpha value is -3.99. The first-order valence-corrected chi connectivity index (χ1v) is 17.0. The molecule has 1 fully saturated rings. The first-order valence-electron chi connectivity index (χ1n) is 15.6. The molecule has 1 saturated heterocycles. The zero-order valence-corrected chi connectivity index (χ0v) is 26.3. The maximum absolute atomic E-state index is 13.9. The van der Waals surface area contributed by atoms with Crippen molar-refractivity contribution in [2.45, 2.75) is 49.6 Å². The molecule has 1 N–H and O–H groups in total. The van der Waals surface area contributed by atoms with Gasteiger partial charge in [0.05, 0.1) is 18.1 Å². The van der Waals surface area contributed by atoms with Gasteiger partial charge in [0.1, 0.15) is 11.8 Å². The summed E-state index contributed by atoms with van der Waals surface area (Å²) in [5, 5.41) is 3.09. The van der Waals surface area contributed by atoms with E-state index >= 15 is 0 Å². The van der Waals surface area contributed by atoms with E-state index in [-0.39, 0.29) is 29.9 Å². The minimum absolute atomic E-state index is 0.151. The predicted molar refractivity (Wildman–Crippen MR) is 172 cm³/mol. The average molecular weight is 632 g/mol. The van der Waals surface area contributed by atoms with E-state index in [2.05, 4.69) is 11.4 Å². The van der Waals surface area contributed by atoms with Gasteiger partial charge in [-0.1, -0.05) is 72.3 Å². The van der Waals surface area contributed by atoms with Crippen LogP contribution in [0.25, 0.3) is 0 Å². The van der Waals surface area contributed by atoms with E-state index in [1.54, 1.807) is 17.0 Å². The van der Waals surface area contributed by atoms with Crippen molar-refractivity contribution in [3.63, 3.8) is 0 Å². The van der Waals surface area contributed by atoms with Crippen LogP contribution in [-0.4, -0.2) is 68.9 Å². The second kappa shape index (κ2) is 15.8. The van der Waals surface area contributed by atoms with E-state index in [1.807, 2.05) is 60.7 Å². The predicted octanol–water partition coefficient (Wildman–Crippen LogP) is 4.86. The summed E-state index contributed by atoms with van der Waals surface area (Å²) in [7, 11) is -3.65. The van der Waals surface area contributed by atoms with Gasteiger partial charge < -0.3 is 19.7 Å². The van der Waals surface area contributed by atoms with Crippen LogP contribution in [-0.2, 0) is 30.9 Å². The summed E-state index contributed by atoms with van der Waals surface area (Å²) in [4.78, 5) is 29.4. The van der Waals surface area contributed by atoms with Gasteiger partial charge in [-0.15, -0.1) is 0 Å². The smallest absolute Gasteiger partial charge is 0.261 e. The van der Waals surface area contributed by atoms with E-state index in [1.165, 1.54) is 34.9 Å². The van der Waals surface area contributed by atoms with Crippen molar-refractivity contribution >= 4 is 21.8 Å². The van der Waals surface area contributed by atoms with Gasteiger partial charge >= 0.3 is 0 Å². The van der Waals surface area contributed by atoms with Crippen molar-refractivity contribution in [3.8, 4) is 5.75 Å². The minimum atomic E-state index is -3.65. The second-order valence-corrected chi connectivity index (χ2v) is 13.2. The monoisotopic (exact) mass is 631 g/mol. The van der Waals surface area contributed by atoms with Gasteiger partial charge in [0.15, 0.2) is 6.61 Å². The highest BCUT2D eigenvalue weighted by molar-refractivity contribution is 7.89. The Morgan fingerprint density at radius 2 is 1.60 bits per heavy atom. The van der Waals surface area contributed by atoms with Crippen LogP contribution in [0.15, 0.2) is 101 Å². The molecule has 0 radical (unpaired) electrons. The molecule has 1 heterocycles. The second-order valence-electron chi connectivity index (χ2n) is 11.2. The Balaban J connectivity index is 1.32. The molecule has 9 nitrogen and oxygen atoms in total. The number of nitrogens with one attached hydrogen (secondary N) is 1. The van der Waals surface area contributed by atoms with Gasteiger partial charge in [0.25, 0.3) is 5.91 Å². The number of benzene rings is 3. The third kappa shape index (κ3) is 8.81. The lowest BCUT2D eigenvalue weighted by Gasteiger charge is -2.31. The Kier molecular flexibility index (Phi) is 11.4. The van der Waals surface area contributed by atoms with Gasteiger partial charge in [0.2, 0.25) is 15.9 Å². The largest absolute Gasteiger partial charge is 0.484 e. The van der Waals surface area contributed by atoms with Crippen molar-refractivity contribution in [1.82, 2.24) is 14.5 Å². The quantitative estimate of drug-likeness (QED) is 0.270. The number of carbonyl (C=O) groups is 2. The molecule has 0 aromatic heterocycles. The number of sulfonamides is 1. The lowest BCUT2D eigenvalue weighted by atomic mass is 9.97. The first kappa shape index (κ1) is 32.4. The molecular weight excluding hydrogens is 590 g/mol. The summed E-state index contributed by atoms with van der Waals surface area (Å²) in [5.41, 5.74) is 2.95. The molecule has 2 aliphatic rings. The van der Waals surface area contributed by atoms with Crippen LogP contribution in [0.4, 0.5) is 0 Å². The van der Waals surface area contributed by atoms with Crippen molar-refractivity contribution in [2.75, 3.05) is 39.5 Å². The van der Waals surface area contributed by atoms with Crippen molar-refractivity contribution in [2.24, 2.45) is 0 Å². The van der Waals surface area contributed by atoms with Crippen LogP contribution < -0.4 is 10.1 Å². The standard InChI is InChI=1S/C35H41N3O6S/c39-33(27-44-31-16-18-32(19-17-31)45(41,42)37-22-24-43-25-23-37)38(26-29-12-6-2-7-13-29)34(30-14-8-3-9-15-30)35(40)36-21-20-28-10-4-1-5-11-28/h2-3,6-10,12-19,34H,1,4-5,11,20-27H2,(H,36,40). The number of allylic oxidation sites excluding steroid dienone is 1. The van der Waals surface area contributed by atoms with E-state index in [0.717, 1.165) is 24.8 Å². The van der Waals surface area contributed by atoms with Crippen LogP contribution in [0.5, 0.6) is 5.75 Å². The number of amides is 2. The Bertz CT molecular complexity index is 1540. The molecular formula is C35H41N3O6S. The fraction of sp³-hybridized carbons (Fsp3) is 0.371. The topological polar surface area (TPSA) is 105 Å². The van der Waals surface area contributed by atoms with E-state index in [4.69, 9.17) is 9.47 Å². The van der Waals surface area contributed by atoms with Crippen LogP contribution in [0.1, 0.15) is 49.3 Å². The molecule has 10 heteroatoms. The van der Waals surface area contributed by atoms with Crippen molar-refractivity contribution in [1.29, 1.82) is 0 Å². The molecule has 1 aliphatic carbocycles.